The fourth-order valence-corrected chi connectivity index (χ4v) is 1.02. The Bertz CT molecular complexity index is 131. The maximum absolute atomic E-state index is 10.8. The van der Waals surface area contributed by atoms with Crippen LogP contribution in [0.3, 0.4) is 0 Å². The smallest absolute Gasteiger partial charge is 0.309 e. The number of rotatable bonds is 0. The molecule has 0 amide bonds. The number of esters is 1. The molecule has 2 heteroatoms. The predicted molar refractivity (Wildman–Crippen MR) is 33.9 cm³/mol. The summed E-state index contributed by atoms with van der Waals surface area (Å²) in [4.78, 5) is 10.8. The van der Waals surface area contributed by atoms with Gasteiger partial charge in [-0.2, -0.15) is 0 Å². The molecule has 0 bridgehead atoms. The van der Waals surface area contributed by atoms with Gasteiger partial charge in [0.2, 0.25) is 0 Å². The van der Waals surface area contributed by atoms with E-state index in [4.69, 9.17) is 4.74 Å². The highest BCUT2D eigenvalue weighted by molar-refractivity contribution is 5.74. The van der Waals surface area contributed by atoms with Crippen LogP contribution in [0.15, 0.2) is 0 Å². The van der Waals surface area contributed by atoms with Crippen LogP contribution in [-0.2, 0) is 9.53 Å². The SMILES string of the molecule is C[C@H]1[C@H](C)OC(=O)[C@@H]1C. The van der Waals surface area contributed by atoms with Gasteiger partial charge >= 0.3 is 5.97 Å². The summed E-state index contributed by atoms with van der Waals surface area (Å²) >= 11 is 0. The van der Waals surface area contributed by atoms with Crippen LogP contribution in [-0.4, -0.2) is 12.1 Å². The molecule has 52 valence electrons. The molecule has 3 atom stereocenters. The standard InChI is InChI=1S/C7H12O2/c1-4-5(2)7(8)9-6(4)3/h4-6H,1-3H3/t4-,5-,6+/m1/s1. The van der Waals surface area contributed by atoms with Crippen molar-refractivity contribution in [1.29, 1.82) is 0 Å². The summed E-state index contributed by atoms with van der Waals surface area (Å²) in [6.07, 6.45) is 0.118. The predicted octanol–water partition coefficient (Wildman–Crippen LogP) is 1.20. The minimum absolute atomic E-state index is 0.0463. The van der Waals surface area contributed by atoms with Gasteiger partial charge in [-0.05, 0) is 6.92 Å². The van der Waals surface area contributed by atoms with Gasteiger partial charge in [0.25, 0.3) is 0 Å². The highest BCUT2D eigenvalue weighted by Gasteiger charge is 2.35. The van der Waals surface area contributed by atoms with Gasteiger partial charge in [-0.3, -0.25) is 4.79 Å². The topological polar surface area (TPSA) is 26.3 Å². The van der Waals surface area contributed by atoms with Crippen LogP contribution in [0.25, 0.3) is 0 Å². The van der Waals surface area contributed by atoms with Crippen molar-refractivity contribution in [2.45, 2.75) is 26.9 Å². The van der Waals surface area contributed by atoms with Gasteiger partial charge in [-0.1, -0.05) is 13.8 Å². The van der Waals surface area contributed by atoms with Gasteiger partial charge in [0, 0.05) is 5.92 Å². The summed E-state index contributed by atoms with van der Waals surface area (Å²) in [5.74, 6) is 0.437. The second kappa shape index (κ2) is 2.01. The summed E-state index contributed by atoms with van der Waals surface area (Å²) in [6.45, 7) is 5.89. The van der Waals surface area contributed by atoms with Crippen LogP contribution in [0, 0.1) is 11.8 Å². The molecular formula is C7H12O2. The van der Waals surface area contributed by atoms with Gasteiger partial charge in [0.15, 0.2) is 0 Å². The van der Waals surface area contributed by atoms with E-state index in [-0.39, 0.29) is 18.0 Å². The Kier molecular flexibility index (Phi) is 1.47. The lowest BCUT2D eigenvalue weighted by atomic mass is 9.95. The molecule has 0 spiro atoms. The number of hydrogen-bond acceptors (Lipinski definition) is 2. The largest absolute Gasteiger partial charge is 0.462 e. The third kappa shape index (κ3) is 0.934. The molecular weight excluding hydrogens is 116 g/mol. The third-order valence-electron chi connectivity index (χ3n) is 2.20. The quantitative estimate of drug-likeness (QED) is 0.458. The fourth-order valence-electron chi connectivity index (χ4n) is 1.02. The molecule has 2 nitrogen and oxygen atoms in total. The van der Waals surface area contributed by atoms with Gasteiger partial charge in [-0.15, -0.1) is 0 Å². The van der Waals surface area contributed by atoms with Crippen molar-refractivity contribution in [3.05, 3.63) is 0 Å². The normalized spacial score (nSPS) is 43.0. The van der Waals surface area contributed by atoms with Crippen molar-refractivity contribution in [3.8, 4) is 0 Å². The van der Waals surface area contributed by atoms with E-state index in [2.05, 4.69) is 0 Å². The first-order valence-electron chi connectivity index (χ1n) is 3.33. The number of carbonyl (C=O) groups excluding carboxylic acids is 1. The van der Waals surface area contributed by atoms with Crippen LogP contribution < -0.4 is 0 Å². The van der Waals surface area contributed by atoms with Gasteiger partial charge in [-0.25, -0.2) is 0 Å². The Morgan fingerprint density at radius 3 is 2.00 bits per heavy atom. The molecule has 0 radical (unpaired) electrons. The molecule has 1 fully saturated rings. The molecule has 0 aliphatic carbocycles. The first-order valence-corrected chi connectivity index (χ1v) is 3.33. The van der Waals surface area contributed by atoms with Crippen molar-refractivity contribution in [1.82, 2.24) is 0 Å². The van der Waals surface area contributed by atoms with E-state index in [1.165, 1.54) is 0 Å². The van der Waals surface area contributed by atoms with Crippen LogP contribution in [0.4, 0.5) is 0 Å². The van der Waals surface area contributed by atoms with Crippen LogP contribution >= 0.6 is 0 Å². The zero-order valence-corrected chi connectivity index (χ0v) is 6.05. The molecule has 0 aromatic carbocycles. The number of carbonyl (C=O) groups is 1. The van der Waals surface area contributed by atoms with E-state index < -0.39 is 0 Å². The number of hydrogen-bond donors (Lipinski definition) is 0. The van der Waals surface area contributed by atoms with Crippen molar-refractivity contribution >= 4 is 5.97 Å². The summed E-state index contributed by atoms with van der Waals surface area (Å²) in [7, 11) is 0. The first-order chi connectivity index (χ1) is 4.13. The Morgan fingerprint density at radius 1 is 1.33 bits per heavy atom. The lowest BCUT2D eigenvalue weighted by Gasteiger charge is -2.06. The van der Waals surface area contributed by atoms with E-state index in [0.717, 1.165) is 0 Å². The minimum atomic E-state index is -0.0463. The van der Waals surface area contributed by atoms with Gasteiger partial charge < -0.3 is 4.74 Å². The molecule has 0 aromatic heterocycles. The summed E-state index contributed by atoms with van der Waals surface area (Å²) in [6, 6.07) is 0. The molecule has 1 aliphatic rings. The van der Waals surface area contributed by atoms with Crippen LogP contribution in [0.5, 0.6) is 0 Å². The van der Waals surface area contributed by atoms with E-state index >= 15 is 0 Å². The summed E-state index contributed by atoms with van der Waals surface area (Å²) in [5, 5.41) is 0. The average Bonchev–Trinajstić information content (AvgIpc) is 1.98. The van der Waals surface area contributed by atoms with Crippen LogP contribution in [0.2, 0.25) is 0 Å². The zero-order chi connectivity index (χ0) is 7.02. The minimum Gasteiger partial charge on any atom is -0.462 e. The zero-order valence-electron chi connectivity index (χ0n) is 6.05. The molecule has 1 heterocycles. The summed E-state index contributed by atoms with van der Waals surface area (Å²) in [5.41, 5.74) is 0. The Balaban J connectivity index is 2.65. The number of cyclic esters (lactones) is 1. The van der Waals surface area contributed by atoms with Gasteiger partial charge in [0.05, 0.1) is 5.92 Å². The van der Waals surface area contributed by atoms with Crippen molar-refractivity contribution in [2.75, 3.05) is 0 Å². The second-order valence-electron chi connectivity index (χ2n) is 2.79. The van der Waals surface area contributed by atoms with Crippen molar-refractivity contribution in [2.24, 2.45) is 11.8 Å². The molecule has 0 unspecified atom stereocenters. The molecule has 1 saturated heterocycles. The molecule has 0 N–H and O–H groups in total. The average molecular weight is 128 g/mol. The van der Waals surface area contributed by atoms with Crippen molar-refractivity contribution in [3.63, 3.8) is 0 Å². The molecule has 0 aromatic rings. The third-order valence-corrected chi connectivity index (χ3v) is 2.20. The molecule has 1 rings (SSSR count). The van der Waals surface area contributed by atoms with Crippen LogP contribution in [0.1, 0.15) is 20.8 Å². The van der Waals surface area contributed by atoms with Gasteiger partial charge in [0.1, 0.15) is 6.10 Å². The molecule has 9 heavy (non-hydrogen) atoms. The van der Waals surface area contributed by atoms with E-state index in [1.54, 1.807) is 0 Å². The highest BCUT2D eigenvalue weighted by atomic mass is 16.6. The number of ether oxygens (including phenoxy) is 1. The van der Waals surface area contributed by atoms with Crippen molar-refractivity contribution < 1.29 is 9.53 Å². The Hall–Kier alpha value is -0.530. The fraction of sp³-hybridized carbons (Fsp3) is 0.857. The van der Waals surface area contributed by atoms with E-state index in [9.17, 15) is 4.79 Å². The lowest BCUT2D eigenvalue weighted by molar-refractivity contribution is -0.143. The lowest BCUT2D eigenvalue weighted by Crippen LogP contribution is -2.11. The maximum Gasteiger partial charge on any atom is 0.309 e. The monoisotopic (exact) mass is 128 g/mol. The Morgan fingerprint density at radius 2 is 1.89 bits per heavy atom. The van der Waals surface area contributed by atoms with E-state index in [0.29, 0.717) is 5.92 Å². The molecule has 1 aliphatic heterocycles. The molecule has 0 saturated carbocycles. The Labute approximate surface area is 55.2 Å². The van der Waals surface area contributed by atoms with E-state index in [1.807, 2.05) is 20.8 Å². The second-order valence-corrected chi connectivity index (χ2v) is 2.79. The first kappa shape index (κ1) is 6.59. The maximum atomic E-state index is 10.8. The highest BCUT2D eigenvalue weighted by Crippen LogP contribution is 2.26. The summed E-state index contributed by atoms with van der Waals surface area (Å²) < 4.78 is 4.95.